The molecule has 0 spiro atoms. The van der Waals surface area contributed by atoms with Crippen LogP contribution in [0.15, 0.2) is 45.5 Å². The van der Waals surface area contributed by atoms with Crippen LogP contribution < -0.4 is 0 Å². The molecule has 1 atom stereocenters. The third kappa shape index (κ3) is 3.04. The van der Waals surface area contributed by atoms with Crippen molar-refractivity contribution >= 4 is 34.8 Å². The molecule has 0 aliphatic carbocycles. The summed E-state index contributed by atoms with van der Waals surface area (Å²) in [7, 11) is -0.903. The van der Waals surface area contributed by atoms with Gasteiger partial charge in [-0.25, -0.2) is 0 Å². The maximum Gasteiger partial charge on any atom is 0.0506 e. The van der Waals surface area contributed by atoms with Crippen molar-refractivity contribution in [1.29, 1.82) is 0 Å². The Kier molecular flexibility index (Phi) is 5.38. The third-order valence-corrected chi connectivity index (χ3v) is 4.48. The van der Waals surface area contributed by atoms with E-state index in [0.29, 0.717) is 0 Å². The summed E-state index contributed by atoms with van der Waals surface area (Å²) >= 11 is 6.00. The second-order valence-electron chi connectivity index (χ2n) is 3.12. The van der Waals surface area contributed by atoms with Gasteiger partial charge in [0.15, 0.2) is 0 Å². The van der Waals surface area contributed by atoms with E-state index in [4.69, 9.17) is 0 Å². The zero-order chi connectivity index (χ0) is 10.8. The Morgan fingerprint density at radius 3 is 2.56 bits per heavy atom. The molecule has 0 radical (unpaired) electrons. The summed E-state index contributed by atoms with van der Waals surface area (Å²) in [6.45, 7) is 0. The summed E-state index contributed by atoms with van der Waals surface area (Å²) in [4.78, 5) is 2.95. The molecule has 1 aromatic carbocycles. The second-order valence-corrected chi connectivity index (χ2v) is 5.89. The standard InChI is InChI=1S/C11H10OS3.Zn/c1-15(12)8-6-11(14-7-8)9-4-2-3-5-10(9)13;/h2-7,13H,1H3;. The molecule has 2 rings (SSSR count). The summed E-state index contributed by atoms with van der Waals surface area (Å²) in [6.07, 6.45) is 1.69. The molecule has 0 saturated carbocycles. The molecule has 0 N–H and O–H groups in total. The van der Waals surface area contributed by atoms with Gasteiger partial charge in [-0.15, -0.1) is 24.0 Å². The zero-order valence-electron chi connectivity index (χ0n) is 8.84. The number of hydrogen-bond acceptors (Lipinski definition) is 3. The van der Waals surface area contributed by atoms with Crippen molar-refractivity contribution in [3.05, 3.63) is 35.7 Å². The number of thiophene rings is 1. The summed E-state index contributed by atoms with van der Waals surface area (Å²) in [5.74, 6) is 0. The Hall–Kier alpha value is 0.0434. The number of rotatable bonds is 2. The third-order valence-electron chi connectivity index (χ3n) is 2.08. The van der Waals surface area contributed by atoms with E-state index >= 15 is 0 Å². The molecule has 16 heavy (non-hydrogen) atoms. The number of benzene rings is 1. The minimum Gasteiger partial charge on any atom is -0.255 e. The first-order valence-corrected chi connectivity index (χ1v) is 7.27. The van der Waals surface area contributed by atoms with Gasteiger partial charge in [-0.1, -0.05) is 18.2 Å². The molecule has 0 bridgehead atoms. The molecule has 1 nitrogen and oxygen atoms in total. The van der Waals surface area contributed by atoms with E-state index in [0.717, 1.165) is 20.2 Å². The first-order chi connectivity index (χ1) is 7.18. The van der Waals surface area contributed by atoms with Crippen LogP contribution in [0, 0.1) is 0 Å². The Morgan fingerprint density at radius 1 is 1.31 bits per heavy atom. The zero-order valence-corrected chi connectivity index (χ0v) is 14.3. The molecule has 1 unspecified atom stereocenters. The Balaban J connectivity index is 0.00000128. The van der Waals surface area contributed by atoms with Gasteiger partial charge in [-0.05, 0) is 12.1 Å². The van der Waals surface area contributed by atoms with Crippen LogP contribution in [0.1, 0.15) is 0 Å². The number of thiol groups is 1. The monoisotopic (exact) mass is 318 g/mol. The molecule has 0 aliphatic heterocycles. The van der Waals surface area contributed by atoms with Gasteiger partial charge >= 0.3 is 0 Å². The molecule has 5 heteroatoms. The molecule has 2 aromatic rings. The Morgan fingerprint density at radius 2 is 2.00 bits per heavy atom. The van der Waals surface area contributed by atoms with Crippen LogP contribution in [0.5, 0.6) is 0 Å². The molecular formula is C11H10OS3Zn. The van der Waals surface area contributed by atoms with Gasteiger partial charge < -0.3 is 0 Å². The summed E-state index contributed by atoms with van der Waals surface area (Å²) in [5, 5.41) is 1.94. The van der Waals surface area contributed by atoms with Crippen LogP contribution in [-0.2, 0) is 30.3 Å². The Bertz CT molecular complexity index is 507. The van der Waals surface area contributed by atoms with Crippen LogP contribution in [0.2, 0.25) is 0 Å². The van der Waals surface area contributed by atoms with Crippen molar-refractivity contribution < 1.29 is 23.7 Å². The fourth-order valence-electron chi connectivity index (χ4n) is 1.29. The van der Waals surface area contributed by atoms with Gasteiger partial charge in [-0.2, -0.15) is 0 Å². The summed E-state index contributed by atoms with van der Waals surface area (Å²) in [6, 6.07) is 9.89. The normalized spacial score (nSPS) is 11.9. The van der Waals surface area contributed by atoms with E-state index in [-0.39, 0.29) is 19.5 Å². The summed E-state index contributed by atoms with van der Waals surface area (Å²) in [5.41, 5.74) is 1.10. The molecule has 0 aliphatic rings. The molecule has 1 heterocycles. The molecular weight excluding hydrogens is 310 g/mol. The minimum absolute atomic E-state index is 0. The van der Waals surface area contributed by atoms with Crippen molar-refractivity contribution in [3.8, 4) is 10.4 Å². The van der Waals surface area contributed by atoms with Crippen LogP contribution in [0.4, 0.5) is 0 Å². The van der Waals surface area contributed by atoms with E-state index in [1.807, 2.05) is 35.7 Å². The Labute approximate surface area is 120 Å². The maximum absolute atomic E-state index is 11.3. The van der Waals surface area contributed by atoms with Gasteiger partial charge in [0.05, 0.1) is 10.8 Å². The quantitative estimate of drug-likeness (QED) is 0.663. The first-order valence-electron chi connectivity index (χ1n) is 4.39. The average Bonchev–Trinajstić information content (AvgIpc) is 2.67. The van der Waals surface area contributed by atoms with Gasteiger partial charge in [0, 0.05) is 51.3 Å². The predicted molar refractivity (Wildman–Crippen MR) is 69.3 cm³/mol. The fraction of sp³-hybridized carbons (Fsp3) is 0.0909. The molecule has 0 amide bonds. The van der Waals surface area contributed by atoms with E-state index < -0.39 is 10.8 Å². The van der Waals surface area contributed by atoms with Crippen LogP contribution in [0.25, 0.3) is 10.4 Å². The SMILES string of the molecule is CS(=O)c1csc(-c2ccccc2S)c1.[Zn]. The van der Waals surface area contributed by atoms with Crippen molar-refractivity contribution in [1.82, 2.24) is 0 Å². The second kappa shape index (κ2) is 6.11. The van der Waals surface area contributed by atoms with E-state index in [1.165, 1.54) is 0 Å². The molecule has 80 valence electrons. The van der Waals surface area contributed by atoms with Crippen molar-refractivity contribution in [2.75, 3.05) is 6.26 Å². The fourth-order valence-corrected chi connectivity index (χ4v) is 3.51. The average molecular weight is 320 g/mol. The van der Waals surface area contributed by atoms with E-state index in [9.17, 15) is 4.21 Å². The van der Waals surface area contributed by atoms with Crippen LogP contribution >= 0.6 is 24.0 Å². The van der Waals surface area contributed by atoms with Crippen LogP contribution in [-0.4, -0.2) is 10.5 Å². The van der Waals surface area contributed by atoms with Crippen molar-refractivity contribution in [2.24, 2.45) is 0 Å². The molecule has 0 fully saturated rings. The smallest absolute Gasteiger partial charge is 0.0506 e. The van der Waals surface area contributed by atoms with Crippen LogP contribution in [0.3, 0.4) is 0 Å². The molecule has 0 saturated heterocycles. The molecule has 1 aromatic heterocycles. The minimum atomic E-state index is -0.903. The predicted octanol–water partition coefficient (Wildman–Crippen LogP) is 3.44. The maximum atomic E-state index is 11.3. The largest absolute Gasteiger partial charge is 0.255 e. The summed E-state index contributed by atoms with van der Waals surface area (Å²) < 4.78 is 11.3. The van der Waals surface area contributed by atoms with Gasteiger partial charge in [0.1, 0.15) is 0 Å². The number of hydrogen-bond donors (Lipinski definition) is 1. The van der Waals surface area contributed by atoms with E-state index in [1.54, 1.807) is 17.6 Å². The van der Waals surface area contributed by atoms with E-state index in [2.05, 4.69) is 12.6 Å². The van der Waals surface area contributed by atoms with Gasteiger partial charge in [-0.3, -0.25) is 4.21 Å². The van der Waals surface area contributed by atoms with Crippen molar-refractivity contribution in [2.45, 2.75) is 9.79 Å². The van der Waals surface area contributed by atoms with Gasteiger partial charge in [0.2, 0.25) is 0 Å². The van der Waals surface area contributed by atoms with Gasteiger partial charge in [0.25, 0.3) is 0 Å². The topological polar surface area (TPSA) is 17.1 Å². The first kappa shape index (κ1) is 14.1. The van der Waals surface area contributed by atoms with Crippen molar-refractivity contribution in [3.63, 3.8) is 0 Å².